The Kier molecular flexibility index (Phi) is 7.18. The summed E-state index contributed by atoms with van der Waals surface area (Å²) in [5.41, 5.74) is 0.623. The van der Waals surface area contributed by atoms with Gasteiger partial charge >= 0.3 is 5.97 Å². The minimum absolute atomic E-state index is 0.294. The second-order valence-electron chi connectivity index (χ2n) is 6.46. The molecular formula is C18H28N4O2. The van der Waals surface area contributed by atoms with Gasteiger partial charge in [-0.2, -0.15) is 0 Å². The topological polar surface area (TPSA) is 67.3 Å². The van der Waals surface area contributed by atoms with E-state index in [-0.39, 0.29) is 0 Å². The van der Waals surface area contributed by atoms with Crippen LogP contribution in [0.5, 0.6) is 0 Å². The van der Waals surface area contributed by atoms with Crippen LogP contribution in [0.25, 0.3) is 6.08 Å². The van der Waals surface area contributed by atoms with Crippen molar-refractivity contribution in [2.24, 2.45) is 0 Å². The molecule has 1 fully saturated rings. The second kappa shape index (κ2) is 9.37. The maximum absolute atomic E-state index is 11.1. The van der Waals surface area contributed by atoms with Crippen molar-refractivity contribution >= 4 is 17.9 Å². The summed E-state index contributed by atoms with van der Waals surface area (Å²) in [5, 5.41) is 3.38. The normalized spacial score (nSPS) is 17.2. The highest BCUT2D eigenvalue weighted by molar-refractivity contribution is 5.86. The maximum Gasteiger partial charge on any atom is 0.330 e. The smallest absolute Gasteiger partial charge is 0.330 e. The Morgan fingerprint density at radius 1 is 1.38 bits per heavy atom. The maximum atomic E-state index is 11.1. The standard InChI is InChI=1S/C18H28N4O2/c1-14(13-22(2)16-7-5-4-6-8-16)21-17-12-19-15(11-20-17)9-10-18(23)24-3/h9-12,14,16H,4-8,13H2,1-3H3,(H,20,21)/b10-9+/t14-/m1/s1. The van der Waals surface area contributed by atoms with Crippen LogP contribution >= 0.6 is 0 Å². The van der Waals surface area contributed by atoms with Crippen LogP contribution in [0.2, 0.25) is 0 Å². The van der Waals surface area contributed by atoms with Crippen molar-refractivity contribution in [3.8, 4) is 0 Å². The first-order valence-electron chi connectivity index (χ1n) is 8.63. The van der Waals surface area contributed by atoms with Crippen molar-refractivity contribution in [2.75, 3.05) is 26.0 Å². The molecule has 24 heavy (non-hydrogen) atoms. The van der Waals surface area contributed by atoms with E-state index in [4.69, 9.17) is 0 Å². The Labute approximate surface area is 144 Å². The zero-order valence-electron chi connectivity index (χ0n) is 14.9. The lowest BCUT2D eigenvalue weighted by Gasteiger charge is -2.33. The number of hydrogen-bond acceptors (Lipinski definition) is 6. The molecule has 6 nitrogen and oxygen atoms in total. The van der Waals surface area contributed by atoms with Crippen molar-refractivity contribution in [3.05, 3.63) is 24.2 Å². The van der Waals surface area contributed by atoms with Crippen molar-refractivity contribution in [3.63, 3.8) is 0 Å². The minimum atomic E-state index is -0.404. The van der Waals surface area contributed by atoms with E-state index in [2.05, 4.69) is 38.9 Å². The van der Waals surface area contributed by atoms with Crippen LogP contribution in [0.15, 0.2) is 18.5 Å². The largest absolute Gasteiger partial charge is 0.466 e. The molecule has 0 bridgehead atoms. The van der Waals surface area contributed by atoms with Gasteiger partial charge in [0, 0.05) is 24.7 Å². The van der Waals surface area contributed by atoms with Crippen molar-refractivity contribution in [1.29, 1.82) is 0 Å². The molecule has 1 aromatic heterocycles. The van der Waals surface area contributed by atoms with Gasteiger partial charge in [-0.25, -0.2) is 9.78 Å². The monoisotopic (exact) mass is 332 g/mol. The molecule has 0 amide bonds. The quantitative estimate of drug-likeness (QED) is 0.612. The molecule has 1 N–H and O–H groups in total. The molecule has 2 rings (SSSR count). The Bertz CT molecular complexity index is 538. The number of anilines is 1. The molecule has 0 saturated heterocycles. The van der Waals surface area contributed by atoms with Gasteiger partial charge in [0.15, 0.2) is 0 Å². The molecule has 1 aliphatic rings. The lowest BCUT2D eigenvalue weighted by atomic mass is 9.94. The molecule has 1 heterocycles. The van der Waals surface area contributed by atoms with E-state index in [0.717, 1.165) is 12.4 Å². The van der Waals surface area contributed by atoms with Crippen LogP contribution in [0, 0.1) is 0 Å². The predicted octanol–water partition coefficient (Wildman–Crippen LogP) is 2.73. The fraction of sp³-hybridized carbons (Fsp3) is 0.611. The molecule has 1 aromatic rings. The Morgan fingerprint density at radius 2 is 2.12 bits per heavy atom. The highest BCUT2D eigenvalue weighted by Crippen LogP contribution is 2.21. The summed E-state index contributed by atoms with van der Waals surface area (Å²) in [7, 11) is 3.55. The van der Waals surface area contributed by atoms with E-state index in [1.165, 1.54) is 45.3 Å². The van der Waals surface area contributed by atoms with E-state index in [9.17, 15) is 4.79 Å². The van der Waals surface area contributed by atoms with Crippen LogP contribution in [-0.2, 0) is 9.53 Å². The van der Waals surface area contributed by atoms with Gasteiger partial charge in [-0.15, -0.1) is 0 Å². The average molecular weight is 332 g/mol. The highest BCUT2D eigenvalue weighted by Gasteiger charge is 2.19. The van der Waals surface area contributed by atoms with Crippen LogP contribution in [-0.4, -0.2) is 53.6 Å². The van der Waals surface area contributed by atoms with Crippen molar-refractivity contribution in [2.45, 2.75) is 51.1 Å². The van der Waals surface area contributed by atoms with Crippen LogP contribution in [0.1, 0.15) is 44.7 Å². The van der Waals surface area contributed by atoms with Crippen LogP contribution in [0.3, 0.4) is 0 Å². The summed E-state index contributed by atoms with van der Waals surface area (Å²) < 4.78 is 4.54. The van der Waals surface area contributed by atoms with Gasteiger partial charge in [-0.1, -0.05) is 19.3 Å². The number of likely N-dealkylation sites (N-methyl/N-ethyl adjacent to an activating group) is 1. The van der Waals surface area contributed by atoms with Crippen LogP contribution in [0.4, 0.5) is 5.82 Å². The third-order valence-corrected chi connectivity index (χ3v) is 4.42. The van der Waals surface area contributed by atoms with Gasteiger partial charge in [-0.05, 0) is 32.9 Å². The Hall–Kier alpha value is -1.95. The first kappa shape index (κ1) is 18.4. The number of nitrogens with one attached hydrogen (secondary N) is 1. The highest BCUT2D eigenvalue weighted by atomic mass is 16.5. The van der Waals surface area contributed by atoms with Gasteiger partial charge in [0.05, 0.1) is 25.2 Å². The zero-order valence-corrected chi connectivity index (χ0v) is 14.9. The van der Waals surface area contributed by atoms with Gasteiger partial charge in [0.25, 0.3) is 0 Å². The van der Waals surface area contributed by atoms with Gasteiger partial charge in [0.2, 0.25) is 0 Å². The van der Waals surface area contributed by atoms with E-state index in [1.54, 1.807) is 18.5 Å². The van der Waals surface area contributed by atoms with Gasteiger partial charge in [0.1, 0.15) is 5.82 Å². The molecule has 1 aliphatic carbocycles. The SMILES string of the molecule is COC(=O)/C=C/c1cnc(N[C@H](C)CN(C)C2CCCCC2)cn1. The molecule has 0 aromatic carbocycles. The molecule has 0 unspecified atom stereocenters. The van der Waals surface area contributed by atoms with Crippen molar-refractivity contribution in [1.82, 2.24) is 14.9 Å². The number of rotatable bonds is 7. The number of esters is 1. The number of methoxy groups -OCH3 is 1. The average Bonchev–Trinajstić information content (AvgIpc) is 2.61. The lowest BCUT2D eigenvalue weighted by Crippen LogP contribution is -2.40. The van der Waals surface area contributed by atoms with E-state index < -0.39 is 5.97 Å². The summed E-state index contributed by atoms with van der Waals surface area (Å²) in [6.45, 7) is 3.14. The number of carbonyl (C=O) groups is 1. The fourth-order valence-electron chi connectivity index (χ4n) is 3.12. The summed E-state index contributed by atoms with van der Waals surface area (Å²) in [5.74, 6) is 0.341. The molecule has 6 heteroatoms. The zero-order chi connectivity index (χ0) is 17.4. The summed E-state index contributed by atoms with van der Waals surface area (Å²) in [6, 6.07) is 1.00. The fourth-order valence-corrected chi connectivity index (χ4v) is 3.12. The van der Waals surface area contributed by atoms with Gasteiger partial charge < -0.3 is 15.0 Å². The molecule has 0 aliphatic heterocycles. The summed E-state index contributed by atoms with van der Waals surface area (Å²) in [4.78, 5) is 22.1. The Balaban J connectivity index is 1.81. The first-order chi connectivity index (χ1) is 11.6. The lowest BCUT2D eigenvalue weighted by molar-refractivity contribution is -0.134. The number of aromatic nitrogens is 2. The van der Waals surface area contributed by atoms with Crippen molar-refractivity contribution < 1.29 is 9.53 Å². The third kappa shape index (κ3) is 5.92. The minimum Gasteiger partial charge on any atom is -0.466 e. The second-order valence-corrected chi connectivity index (χ2v) is 6.46. The van der Waals surface area contributed by atoms with Crippen LogP contribution < -0.4 is 5.32 Å². The molecule has 1 atom stereocenters. The number of carbonyl (C=O) groups excluding carboxylic acids is 1. The van der Waals surface area contributed by atoms with Gasteiger partial charge in [-0.3, -0.25) is 4.98 Å². The number of ether oxygens (including phenoxy) is 1. The molecule has 1 saturated carbocycles. The van der Waals surface area contributed by atoms with E-state index in [0.29, 0.717) is 17.8 Å². The van der Waals surface area contributed by atoms with E-state index in [1.807, 2.05) is 0 Å². The molecule has 132 valence electrons. The molecule has 0 radical (unpaired) electrons. The summed E-state index contributed by atoms with van der Waals surface area (Å²) >= 11 is 0. The first-order valence-corrected chi connectivity index (χ1v) is 8.63. The Morgan fingerprint density at radius 3 is 2.75 bits per heavy atom. The number of nitrogens with zero attached hydrogens (tertiary/aromatic N) is 3. The summed E-state index contributed by atoms with van der Waals surface area (Å²) in [6.07, 6.45) is 12.9. The van der Waals surface area contributed by atoms with E-state index >= 15 is 0 Å². The number of hydrogen-bond donors (Lipinski definition) is 1. The third-order valence-electron chi connectivity index (χ3n) is 4.42. The molecule has 0 spiro atoms. The predicted molar refractivity (Wildman–Crippen MR) is 95.7 cm³/mol. The molecular weight excluding hydrogens is 304 g/mol.